The molecule has 10 aromatic rings. The average Bonchev–Trinajstić information content (AvgIpc) is 3.95. The van der Waals surface area contributed by atoms with Gasteiger partial charge in [0.1, 0.15) is 11.3 Å². The van der Waals surface area contributed by atoms with Crippen LogP contribution in [0.4, 0.5) is 11.4 Å². The number of hydrogen-bond donors (Lipinski definition) is 0. The standard InChI is InChI=1S/C51H33N5O/c1-3-15-32(16-4-1)34-19-13-20-35(31-34)55-42-27-12-9-23-38(42)46-43(55)29-30-45-48(46)47-39(24-14-28-44(47)57-45)50-52-49(33-17-5-2-6-18-33)53-51(54-50)56-40-25-10-7-21-36(40)37-22-8-11-26-41(37)56/h1-31,43,46H. The Hall–Kier alpha value is -7.57. The summed E-state index contributed by atoms with van der Waals surface area (Å²) in [6.45, 7) is 0. The van der Waals surface area contributed by atoms with Crippen LogP contribution in [0, 0.1) is 0 Å². The molecule has 268 valence electrons. The second-order valence-electron chi connectivity index (χ2n) is 14.7. The van der Waals surface area contributed by atoms with Crippen molar-refractivity contribution >= 4 is 50.2 Å². The molecule has 12 rings (SSSR count). The molecule has 57 heavy (non-hydrogen) atoms. The van der Waals surface area contributed by atoms with Gasteiger partial charge < -0.3 is 9.32 Å². The molecule has 0 amide bonds. The highest BCUT2D eigenvalue weighted by molar-refractivity contribution is 6.09. The number of hydrogen-bond acceptors (Lipinski definition) is 5. The van der Waals surface area contributed by atoms with E-state index in [1.54, 1.807) is 0 Å². The highest BCUT2D eigenvalue weighted by Crippen LogP contribution is 2.54. The molecular formula is C51H33N5O. The second-order valence-corrected chi connectivity index (χ2v) is 14.7. The largest absolute Gasteiger partial charge is 0.456 e. The summed E-state index contributed by atoms with van der Waals surface area (Å²) in [4.78, 5) is 18.3. The Kier molecular flexibility index (Phi) is 6.95. The minimum Gasteiger partial charge on any atom is -0.456 e. The Morgan fingerprint density at radius 1 is 0.526 bits per heavy atom. The van der Waals surface area contributed by atoms with Gasteiger partial charge in [-0.15, -0.1) is 0 Å². The van der Waals surface area contributed by atoms with Gasteiger partial charge in [-0.25, -0.2) is 4.98 Å². The molecule has 0 saturated carbocycles. The van der Waals surface area contributed by atoms with Gasteiger partial charge in [-0.05, 0) is 59.2 Å². The highest BCUT2D eigenvalue weighted by atomic mass is 16.3. The average molecular weight is 732 g/mol. The molecule has 0 spiro atoms. The molecule has 2 atom stereocenters. The SMILES string of the molecule is C1=CC2C(c3ccccc3N2c2cccc(-c3ccccc3)c2)c2c1oc1cccc(-c3nc(-c4ccccc4)nc(-n4c5ccccc5c5ccccc54)n3)c21. The van der Waals surface area contributed by atoms with Gasteiger partial charge >= 0.3 is 0 Å². The summed E-state index contributed by atoms with van der Waals surface area (Å²) in [5, 5.41) is 3.33. The molecule has 6 heteroatoms. The van der Waals surface area contributed by atoms with Crippen LogP contribution in [-0.2, 0) is 0 Å². The number of furan rings is 1. The van der Waals surface area contributed by atoms with Crippen LogP contribution in [0.3, 0.4) is 0 Å². The van der Waals surface area contributed by atoms with Gasteiger partial charge in [0.25, 0.3) is 0 Å². The fraction of sp³-hybridized carbons (Fsp3) is 0.0392. The van der Waals surface area contributed by atoms with Crippen molar-refractivity contribution in [2.45, 2.75) is 12.0 Å². The fourth-order valence-corrected chi connectivity index (χ4v) is 9.20. The molecule has 3 aromatic heterocycles. The number of fused-ring (bicyclic) bond motifs is 10. The van der Waals surface area contributed by atoms with E-state index in [0.717, 1.165) is 60.9 Å². The maximum atomic E-state index is 6.74. The summed E-state index contributed by atoms with van der Waals surface area (Å²) in [5.41, 5.74) is 11.9. The third kappa shape index (κ3) is 4.87. The molecule has 0 N–H and O–H groups in total. The molecule has 2 unspecified atom stereocenters. The first kappa shape index (κ1) is 31.7. The summed E-state index contributed by atoms with van der Waals surface area (Å²) in [6, 6.07) is 61.6. The lowest BCUT2D eigenvalue weighted by molar-refractivity contribution is 0.584. The maximum absolute atomic E-state index is 6.74. The van der Waals surface area contributed by atoms with Crippen LogP contribution in [0.5, 0.6) is 0 Å². The van der Waals surface area contributed by atoms with Gasteiger partial charge in [0.05, 0.1) is 17.1 Å². The maximum Gasteiger partial charge on any atom is 0.238 e. The minimum atomic E-state index is 0.0104. The van der Waals surface area contributed by atoms with E-state index in [0.29, 0.717) is 17.6 Å². The van der Waals surface area contributed by atoms with Crippen molar-refractivity contribution in [1.82, 2.24) is 19.5 Å². The predicted octanol–water partition coefficient (Wildman–Crippen LogP) is 12.4. The van der Waals surface area contributed by atoms with E-state index in [1.807, 2.05) is 24.3 Å². The Balaban J connectivity index is 1.07. The van der Waals surface area contributed by atoms with E-state index in [1.165, 1.54) is 22.4 Å². The highest BCUT2D eigenvalue weighted by Gasteiger charge is 2.44. The quantitative estimate of drug-likeness (QED) is 0.176. The van der Waals surface area contributed by atoms with E-state index in [4.69, 9.17) is 19.4 Å². The minimum absolute atomic E-state index is 0.0104. The number of nitrogens with zero attached hydrogens (tertiary/aromatic N) is 5. The number of para-hydroxylation sites is 3. The lowest BCUT2D eigenvalue weighted by Gasteiger charge is -2.30. The third-order valence-corrected chi connectivity index (χ3v) is 11.6. The first-order chi connectivity index (χ1) is 28.3. The van der Waals surface area contributed by atoms with E-state index < -0.39 is 0 Å². The molecule has 0 saturated heterocycles. The zero-order chi connectivity index (χ0) is 37.5. The molecule has 2 aliphatic rings. The fourth-order valence-electron chi connectivity index (χ4n) is 9.20. The van der Waals surface area contributed by atoms with Gasteiger partial charge in [-0.3, -0.25) is 4.57 Å². The molecule has 0 bridgehead atoms. The van der Waals surface area contributed by atoms with Crippen molar-refractivity contribution in [1.29, 1.82) is 0 Å². The van der Waals surface area contributed by atoms with Gasteiger partial charge in [0.15, 0.2) is 11.6 Å². The molecule has 0 radical (unpaired) electrons. The zero-order valence-electron chi connectivity index (χ0n) is 30.7. The van der Waals surface area contributed by atoms with E-state index in [-0.39, 0.29) is 12.0 Å². The van der Waals surface area contributed by atoms with Crippen molar-refractivity contribution < 1.29 is 4.42 Å². The summed E-state index contributed by atoms with van der Waals surface area (Å²) in [7, 11) is 0. The number of anilines is 2. The predicted molar refractivity (Wildman–Crippen MR) is 230 cm³/mol. The number of benzene rings is 7. The van der Waals surface area contributed by atoms with Crippen LogP contribution >= 0.6 is 0 Å². The van der Waals surface area contributed by atoms with Crippen molar-refractivity contribution in [3.05, 3.63) is 199 Å². The molecule has 6 nitrogen and oxygen atoms in total. The lowest BCUT2D eigenvalue weighted by atomic mass is 9.81. The van der Waals surface area contributed by atoms with Crippen LogP contribution in [0.1, 0.15) is 22.8 Å². The smallest absolute Gasteiger partial charge is 0.238 e. The van der Waals surface area contributed by atoms with Crippen LogP contribution in [0.15, 0.2) is 186 Å². The lowest BCUT2D eigenvalue weighted by Crippen LogP contribution is -2.30. The Bertz CT molecular complexity index is 3160. The topological polar surface area (TPSA) is 60.0 Å². The first-order valence-electron chi connectivity index (χ1n) is 19.4. The zero-order valence-corrected chi connectivity index (χ0v) is 30.7. The Labute approximate surface area is 328 Å². The van der Waals surface area contributed by atoms with Crippen LogP contribution in [0.25, 0.3) is 78.7 Å². The summed E-state index contributed by atoms with van der Waals surface area (Å²) < 4.78 is 8.91. The number of rotatable bonds is 5. The van der Waals surface area contributed by atoms with Gasteiger partial charge in [-0.2, -0.15) is 9.97 Å². The van der Waals surface area contributed by atoms with Gasteiger partial charge in [0, 0.05) is 50.1 Å². The van der Waals surface area contributed by atoms with Crippen molar-refractivity contribution in [2.75, 3.05) is 4.90 Å². The van der Waals surface area contributed by atoms with E-state index in [9.17, 15) is 0 Å². The number of aromatic nitrogens is 4. The van der Waals surface area contributed by atoms with E-state index >= 15 is 0 Å². The molecule has 1 aliphatic heterocycles. The van der Waals surface area contributed by atoms with E-state index in [2.05, 4.69) is 173 Å². The van der Waals surface area contributed by atoms with Crippen LogP contribution in [-0.4, -0.2) is 25.6 Å². The molecule has 4 heterocycles. The third-order valence-electron chi connectivity index (χ3n) is 11.6. The van der Waals surface area contributed by atoms with Crippen molar-refractivity contribution in [2.24, 2.45) is 0 Å². The Morgan fingerprint density at radius 3 is 1.96 bits per heavy atom. The molecular weight excluding hydrogens is 699 g/mol. The molecule has 0 fully saturated rings. The Morgan fingerprint density at radius 2 is 1.18 bits per heavy atom. The summed E-state index contributed by atoms with van der Waals surface area (Å²) in [6.07, 6.45) is 4.47. The van der Waals surface area contributed by atoms with Crippen molar-refractivity contribution in [3.8, 4) is 39.9 Å². The molecule has 1 aliphatic carbocycles. The monoisotopic (exact) mass is 731 g/mol. The summed E-state index contributed by atoms with van der Waals surface area (Å²) >= 11 is 0. The van der Waals surface area contributed by atoms with Crippen LogP contribution < -0.4 is 4.90 Å². The first-order valence-corrected chi connectivity index (χ1v) is 19.4. The van der Waals surface area contributed by atoms with Gasteiger partial charge in [-0.1, -0.05) is 146 Å². The summed E-state index contributed by atoms with van der Waals surface area (Å²) in [5.74, 6) is 2.66. The van der Waals surface area contributed by atoms with Gasteiger partial charge in [0.2, 0.25) is 5.95 Å². The van der Waals surface area contributed by atoms with Crippen LogP contribution in [0.2, 0.25) is 0 Å². The second kappa shape index (κ2) is 12.5. The van der Waals surface area contributed by atoms with Crippen molar-refractivity contribution in [3.63, 3.8) is 0 Å². The normalized spacial score (nSPS) is 15.6. The molecule has 7 aromatic carbocycles.